The van der Waals surface area contributed by atoms with Gasteiger partial charge < -0.3 is 15.8 Å². The molecule has 0 bridgehead atoms. The van der Waals surface area contributed by atoms with Crippen molar-refractivity contribution >= 4 is 11.5 Å². The molecule has 5 nitrogen and oxygen atoms in total. The van der Waals surface area contributed by atoms with Crippen molar-refractivity contribution < 1.29 is 4.74 Å². The number of hydrogen-bond donors (Lipinski definition) is 2. The van der Waals surface area contributed by atoms with Gasteiger partial charge >= 0.3 is 0 Å². The molecule has 112 valence electrons. The van der Waals surface area contributed by atoms with Gasteiger partial charge in [0.05, 0.1) is 6.61 Å². The summed E-state index contributed by atoms with van der Waals surface area (Å²) in [6.45, 7) is 7.18. The fourth-order valence-electron chi connectivity index (χ4n) is 1.92. The van der Waals surface area contributed by atoms with Gasteiger partial charge in [-0.15, -0.1) is 0 Å². The molecule has 0 saturated carbocycles. The number of hydrogen-bond acceptors (Lipinski definition) is 5. The van der Waals surface area contributed by atoms with Crippen LogP contribution in [0.3, 0.4) is 0 Å². The summed E-state index contributed by atoms with van der Waals surface area (Å²) in [6, 6.07) is 8.35. The Labute approximate surface area is 125 Å². The molecular formula is C16H22N4O. The smallest absolute Gasteiger partial charge is 0.242 e. The van der Waals surface area contributed by atoms with Crippen LogP contribution in [0.4, 0.5) is 11.5 Å². The lowest BCUT2D eigenvalue weighted by atomic mass is 10.1. The number of benzene rings is 1. The Morgan fingerprint density at radius 2 is 1.86 bits per heavy atom. The summed E-state index contributed by atoms with van der Waals surface area (Å²) in [4.78, 5) is 8.75. The molecule has 0 radical (unpaired) electrons. The Kier molecular flexibility index (Phi) is 4.98. The largest absolute Gasteiger partial charge is 0.476 e. The first-order chi connectivity index (χ1) is 10.1. The van der Waals surface area contributed by atoms with E-state index in [-0.39, 0.29) is 0 Å². The summed E-state index contributed by atoms with van der Waals surface area (Å²) in [6.07, 6.45) is 0.736. The number of rotatable bonds is 6. The van der Waals surface area contributed by atoms with Crippen molar-refractivity contribution in [2.75, 3.05) is 17.7 Å². The molecule has 0 aliphatic rings. The van der Waals surface area contributed by atoms with Gasteiger partial charge in [0.1, 0.15) is 11.5 Å². The number of aryl methyl sites for hydroxylation is 2. The normalized spacial score (nSPS) is 10.4. The molecule has 0 fully saturated rings. The highest BCUT2D eigenvalue weighted by atomic mass is 16.5. The molecular weight excluding hydrogens is 264 g/mol. The van der Waals surface area contributed by atoms with Crippen molar-refractivity contribution in [1.82, 2.24) is 9.97 Å². The second-order valence-corrected chi connectivity index (χ2v) is 4.83. The minimum Gasteiger partial charge on any atom is -0.476 e. The van der Waals surface area contributed by atoms with Crippen molar-refractivity contribution in [2.45, 2.75) is 33.7 Å². The van der Waals surface area contributed by atoms with Crippen molar-refractivity contribution in [2.24, 2.45) is 0 Å². The molecule has 0 amide bonds. The highest BCUT2D eigenvalue weighted by Crippen LogP contribution is 2.26. The second kappa shape index (κ2) is 6.92. The first kappa shape index (κ1) is 15.1. The van der Waals surface area contributed by atoms with Crippen molar-refractivity contribution in [3.8, 4) is 5.88 Å². The van der Waals surface area contributed by atoms with Gasteiger partial charge in [0, 0.05) is 13.0 Å². The molecule has 5 heteroatoms. The molecule has 1 aromatic carbocycles. The van der Waals surface area contributed by atoms with E-state index in [0.29, 0.717) is 30.5 Å². The maximum absolute atomic E-state index is 6.07. The zero-order chi connectivity index (χ0) is 15.2. The fraction of sp³-hybridized carbons (Fsp3) is 0.375. The van der Waals surface area contributed by atoms with Crippen LogP contribution in [-0.2, 0) is 13.0 Å². The van der Waals surface area contributed by atoms with Crippen LogP contribution in [0.15, 0.2) is 24.3 Å². The molecule has 0 aliphatic carbocycles. The van der Waals surface area contributed by atoms with Gasteiger partial charge in [-0.2, -0.15) is 4.98 Å². The summed E-state index contributed by atoms with van der Waals surface area (Å²) in [5, 5.41) is 3.27. The third kappa shape index (κ3) is 3.84. The van der Waals surface area contributed by atoms with Gasteiger partial charge in [-0.25, -0.2) is 4.98 Å². The minimum atomic E-state index is 0.454. The van der Waals surface area contributed by atoms with Crippen LogP contribution < -0.4 is 15.8 Å². The van der Waals surface area contributed by atoms with Gasteiger partial charge in [0.15, 0.2) is 5.82 Å². The molecule has 3 N–H and O–H groups in total. The maximum Gasteiger partial charge on any atom is 0.242 e. The lowest BCUT2D eigenvalue weighted by molar-refractivity contribution is 0.327. The monoisotopic (exact) mass is 286 g/mol. The Morgan fingerprint density at radius 1 is 1.14 bits per heavy atom. The number of nitrogen functional groups attached to an aromatic ring is 1. The fourth-order valence-corrected chi connectivity index (χ4v) is 1.92. The summed E-state index contributed by atoms with van der Waals surface area (Å²) in [5.41, 5.74) is 8.95. The topological polar surface area (TPSA) is 73.1 Å². The second-order valence-electron chi connectivity index (χ2n) is 4.83. The summed E-state index contributed by atoms with van der Waals surface area (Å²) < 4.78 is 5.47. The molecule has 21 heavy (non-hydrogen) atoms. The van der Waals surface area contributed by atoms with E-state index in [9.17, 15) is 0 Å². The summed E-state index contributed by atoms with van der Waals surface area (Å²) in [7, 11) is 0. The van der Waals surface area contributed by atoms with Gasteiger partial charge in [0.2, 0.25) is 5.88 Å². The quantitative estimate of drug-likeness (QED) is 0.854. The number of nitrogens with zero attached hydrogens (tertiary/aromatic N) is 2. The van der Waals surface area contributed by atoms with Crippen LogP contribution in [0.2, 0.25) is 0 Å². The Bertz CT molecular complexity index is 596. The van der Waals surface area contributed by atoms with E-state index in [1.807, 2.05) is 13.8 Å². The molecule has 0 saturated heterocycles. The number of nitrogens with one attached hydrogen (secondary N) is 1. The van der Waals surface area contributed by atoms with Crippen LogP contribution in [0.1, 0.15) is 30.8 Å². The average Bonchev–Trinajstić information content (AvgIpc) is 2.50. The molecule has 0 unspecified atom stereocenters. The predicted molar refractivity (Wildman–Crippen MR) is 85.5 cm³/mol. The van der Waals surface area contributed by atoms with Gasteiger partial charge in [-0.1, -0.05) is 36.8 Å². The number of aromatic nitrogens is 2. The number of ether oxygens (including phenoxy) is 1. The van der Waals surface area contributed by atoms with E-state index < -0.39 is 0 Å². The highest BCUT2D eigenvalue weighted by Gasteiger charge is 2.12. The molecule has 0 spiro atoms. The lowest BCUT2D eigenvalue weighted by Crippen LogP contribution is -2.10. The Hall–Kier alpha value is -2.30. The third-order valence-corrected chi connectivity index (χ3v) is 3.13. The molecule has 1 heterocycles. The molecule has 0 aliphatic heterocycles. The van der Waals surface area contributed by atoms with Crippen LogP contribution in [-0.4, -0.2) is 16.6 Å². The standard InChI is InChI=1S/C16H22N4O/c1-4-13-19-15(14(17)16(20-13)21-5-2)18-10-12-8-6-11(3)7-9-12/h6-9H,4-5,10,17H2,1-3H3,(H,18,19,20). The first-order valence-corrected chi connectivity index (χ1v) is 7.22. The molecule has 1 aromatic heterocycles. The van der Waals surface area contributed by atoms with E-state index >= 15 is 0 Å². The van der Waals surface area contributed by atoms with E-state index in [1.54, 1.807) is 0 Å². The first-order valence-electron chi connectivity index (χ1n) is 7.22. The molecule has 2 aromatic rings. The van der Waals surface area contributed by atoms with Crippen molar-refractivity contribution in [3.05, 3.63) is 41.2 Å². The minimum absolute atomic E-state index is 0.454. The molecule has 2 rings (SSSR count). The Morgan fingerprint density at radius 3 is 2.48 bits per heavy atom. The van der Waals surface area contributed by atoms with E-state index in [4.69, 9.17) is 10.5 Å². The summed E-state index contributed by atoms with van der Waals surface area (Å²) >= 11 is 0. The average molecular weight is 286 g/mol. The Balaban J connectivity index is 2.18. The van der Waals surface area contributed by atoms with Gasteiger partial charge in [-0.3, -0.25) is 0 Å². The summed E-state index contributed by atoms with van der Waals surface area (Å²) in [5.74, 6) is 1.81. The van der Waals surface area contributed by atoms with Gasteiger partial charge in [0.25, 0.3) is 0 Å². The van der Waals surface area contributed by atoms with Crippen molar-refractivity contribution in [3.63, 3.8) is 0 Å². The highest BCUT2D eigenvalue weighted by molar-refractivity contribution is 5.67. The maximum atomic E-state index is 6.07. The lowest BCUT2D eigenvalue weighted by Gasteiger charge is -2.13. The third-order valence-electron chi connectivity index (χ3n) is 3.13. The van der Waals surface area contributed by atoms with Gasteiger partial charge in [-0.05, 0) is 19.4 Å². The predicted octanol–water partition coefficient (Wildman–Crippen LogP) is 2.94. The van der Waals surface area contributed by atoms with E-state index in [1.165, 1.54) is 11.1 Å². The SMILES string of the molecule is CCOc1nc(CC)nc(NCc2ccc(C)cc2)c1N. The molecule has 0 atom stereocenters. The zero-order valence-corrected chi connectivity index (χ0v) is 12.8. The van der Waals surface area contributed by atoms with Crippen LogP contribution in [0.5, 0.6) is 5.88 Å². The zero-order valence-electron chi connectivity index (χ0n) is 12.8. The van der Waals surface area contributed by atoms with Crippen molar-refractivity contribution in [1.29, 1.82) is 0 Å². The van der Waals surface area contributed by atoms with Crippen LogP contribution >= 0.6 is 0 Å². The van der Waals surface area contributed by atoms with E-state index in [0.717, 1.165) is 12.2 Å². The number of nitrogens with two attached hydrogens (primary N) is 1. The van der Waals surface area contributed by atoms with Crippen LogP contribution in [0, 0.1) is 6.92 Å². The number of anilines is 2. The van der Waals surface area contributed by atoms with E-state index in [2.05, 4.69) is 46.5 Å². The van der Waals surface area contributed by atoms with Crippen LogP contribution in [0.25, 0.3) is 0 Å².